The van der Waals surface area contributed by atoms with Crippen molar-refractivity contribution in [3.8, 4) is 0 Å². The summed E-state index contributed by atoms with van der Waals surface area (Å²) in [5.41, 5.74) is 4.74. The smallest absolute Gasteiger partial charge is 0.192 e. The Labute approximate surface area is 278 Å². The molecule has 9 unspecified atom stereocenters. The van der Waals surface area contributed by atoms with Crippen molar-refractivity contribution in [2.45, 2.75) is 76.1 Å². The average molecular weight is 628 g/mol. The molecule has 0 spiro atoms. The molecule has 8 heteroatoms. The summed E-state index contributed by atoms with van der Waals surface area (Å²) in [5.74, 6) is 3.20. The summed E-state index contributed by atoms with van der Waals surface area (Å²) in [6.45, 7) is 3.18. The van der Waals surface area contributed by atoms with Crippen LogP contribution >= 0.6 is 0 Å². The normalized spacial score (nSPS) is 39.5. The van der Waals surface area contributed by atoms with Gasteiger partial charge in [0.15, 0.2) is 6.23 Å². The van der Waals surface area contributed by atoms with E-state index in [4.69, 9.17) is 9.73 Å². The summed E-state index contributed by atoms with van der Waals surface area (Å²) in [5, 5.41) is 14.7. The van der Waals surface area contributed by atoms with Crippen molar-refractivity contribution in [1.82, 2.24) is 26.2 Å². The molecule has 0 aromatic carbocycles. The maximum absolute atomic E-state index is 6.83. The van der Waals surface area contributed by atoms with Crippen LogP contribution in [0, 0.1) is 23.2 Å². The number of allylic oxidation sites excluding steroid dienone is 7. The number of ether oxygens (including phenoxy) is 1. The summed E-state index contributed by atoms with van der Waals surface area (Å²) in [7, 11) is 0. The lowest BCUT2D eigenvalue weighted by Gasteiger charge is -2.43. The summed E-state index contributed by atoms with van der Waals surface area (Å²) < 4.78 is 6.83. The monoisotopic (exact) mass is 627 g/mol. The van der Waals surface area contributed by atoms with Crippen LogP contribution in [0.25, 0.3) is 0 Å². The number of aliphatic imine (C=N–C) groups is 2. The molecule has 0 aromatic rings. The molecule has 0 bridgehead atoms. The molecule has 5 aliphatic heterocycles. The van der Waals surface area contributed by atoms with Crippen molar-refractivity contribution >= 4 is 12.1 Å². The first-order valence-corrected chi connectivity index (χ1v) is 17.6. The van der Waals surface area contributed by atoms with E-state index in [0.29, 0.717) is 17.9 Å². The predicted molar refractivity (Wildman–Crippen MR) is 188 cm³/mol. The minimum Gasteiger partial charge on any atom is -0.469 e. The summed E-state index contributed by atoms with van der Waals surface area (Å²) in [4.78, 5) is 12.5. The van der Waals surface area contributed by atoms with E-state index in [1.165, 1.54) is 16.8 Å². The number of hydrogen-bond donors (Lipinski definition) is 4. The Morgan fingerprint density at radius 2 is 2.02 bits per heavy atom. The highest BCUT2D eigenvalue weighted by molar-refractivity contribution is 5.91. The molecule has 47 heavy (non-hydrogen) atoms. The molecule has 242 valence electrons. The van der Waals surface area contributed by atoms with Gasteiger partial charge in [-0.25, -0.2) is 4.99 Å². The average Bonchev–Trinajstić information content (AvgIpc) is 3.72. The van der Waals surface area contributed by atoms with E-state index in [9.17, 15) is 0 Å². The van der Waals surface area contributed by atoms with Gasteiger partial charge in [-0.1, -0.05) is 54.7 Å². The Hall–Kier alpha value is -4.30. The molecule has 0 amide bonds. The first-order valence-electron chi connectivity index (χ1n) is 17.6. The molecule has 4 aliphatic carbocycles. The third kappa shape index (κ3) is 5.08. The highest BCUT2D eigenvalue weighted by Gasteiger charge is 2.54. The molecular formula is C39H45N7O. The van der Waals surface area contributed by atoms with Gasteiger partial charge < -0.3 is 25.6 Å². The first kappa shape index (κ1) is 28.9. The van der Waals surface area contributed by atoms with Crippen LogP contribution in [-0.4, -0.2) is 54.1 Å². The fourth-order valence-electron chi connectivity index (χ4n) is 8.94. The maximum atomic E-state index is 6.83. The largest absolute Gasteiger partial charge is 0.469 e. The van der Waals surface area contributed by atoms with Crippen LogP contribution in [0.5, 0.6) is 0 Å². The highest BCUT2D eigenvalue weighted by Crippen LogP contribution is 2.51. The van der Waals surface area contributed by atoms with Gasteiger partial charge in [0, 0.05) is 47.9 Å². The fourth-order valence-corrected chi connectivity index (χ4v) is 8.94. The summed E-state index contributed by atoms with van der Waals surface area (Å²) >= 11 is 0. The van der Waals surface area contributed by atoms with Crippen molar-refractivity contribution in [2.24, 2.45) is 33.2 Å². The lowest BCUT2D eigenvalue weighted by Crippen LogP contribution is -2.60. The van der Waals surface area contributed by atoms with Crippen LogP contribution in [0.15, 0.2) is 130 Å². The molecule has 1 saturated heterocycles. The van der Waals surface area contributed by atoms with Gasteiger partial charge in [0.05, 0.1) is 23.8 Å². The Balaban J connectivity index is 1.04. The number of nitrogens with zero attached hydrogens (tertiary/aromatic N) is 3. The van der Waals surface area contributed by atoms with Gasteiger partial charge in [0.25, 0.3) is 0 Å². The van der Waals surface area contributed by atoms with Gasteiger partial charge in [0.2, 0.25) is 0 Å². The van der Waals surface area contributed by atoms with E-state index in [1.54, 1.807) is 0 Å². The zero-order chi connectivity index (χ0) is 31.4. The quantitative estimate of drug-likeness (QED) is 0.307. The molecule has 0 saturated carbocycles. The minimum atomic E-state index is -0.273. The Morgan fingerprint density at radius 3 is 2.87 bits per heavy atom. The molecule has 1 fully saturated rings. The second-order valence-electron chi connectivity index (χ2n) is 14.3. The standard InChI is InChI=1S/C39H45N7O/c1-39(38-44-35(25-15-20-40-21-16-25)43-36(45-38)26-17-22-41-23-18-26)19-7-10-28(24-39)46-31-12-6-5-11-29(31)33-32(46)14-13-30-34(33)47-37(42-30)27-8-3-2-4-9-27/h2-3,5,7-8,10-11,13-17,20,22-24,26,29,31-33,35-37,40,42-43H,4,6,9,12,18-19,21H2,1H3,(H,44,45). The van der Waals surface area contributed by atoms with Crippen LogP contribution in [-0.2, 0) is 4.74 Å². The topological polar surface area (TPSA) is 85.3 Å². The number of dihydropyridines is 1. The molecule has 0 radical (unpaired) electrons. The number of likely N-dealkylation sites (tertiary alicyclic amines) is 1. The number of fused-ring (bicyclic) bond motifs is 4. The fraction of sp³-hybridized carbons (Fsp3) is 0.436. The molecular weight excluding hydrogens is 582 g/mol. The molecule has 5 heterocycles. The predicted octanol–water partition coefficient (Wildman–Crippen LogP) is 5.37. The lowest BCUT2D eigenvalue weighted by atomic mass is 9.79. The Bertz CT molecular complexity index is 1680. The van der Waals surface area contributed by atoms with Crippen LogP contribution < -0.4 is 21.3 Å². The van der Waals surface area contributed by atoms with Gasteiger partial charge in [-0.05, 0) is 87.1 Å². The molecule has 9 aliphatic rings. The Kier molecular flexibility index (Phi) is 7.22. The van der Waals surface area contributed by atoms with Crippen molar-refractivity contribution in [3.05, 3.63) is 120 Å². The number of nitrogens with one attached hydrogen (secondary N) is 4. The number of amidine groups is 1. The van der Waals surface area contributed by atoms with Crippen LogP contribution in [0.2, 0.25) is 0 Å². The molecule has 9 rings (SSSR count). The number of rotatable bonds is 5. The molecule has 8 nitrogen and oxygen atoms in total. The van der Waals surface area contributed by atoms with E-state index in [1.807, 2.05) is 18.6 Å². The maximum Gasteiger partial charge on any atom is 0.192 e. The molecule has 4 N–H and O–H groups in total. The van der Waals surface area contributed by atoms with E-state index >= 15 is 0 Å². The van der Waals surface area contributed by atoms with E-state index < -0.39 is 0 Å². The molecule has 9 atom stereocenters. The zero-order valence-electron chi connectivity index (χ0n) is 27.1. The van der Waals surface area contributed by atoms with Gasteiger partial charge in [0.1, 0.15) is 17.8 Å². The second-order valence-corrected chi connectivity index (χ2v) is 14.3. The lowest BCUT2D eigenvalue weighted by molar-refractivity contribution is 0.121. The van der Waals surface area contributed by atoms with Crippen molar-refractivity contribution < 1.29 is 4.74 Å². The SMILES string of the molecule is CC1(C2=NC(C3=CCNC=C3)NC(C3C=CN=CC3)N2)C=C(N2C3C=CC4=C(OC(C5=CC=CCC5)N4)C3C3C=CCCC32)C=CC1. The van der Waals surface area contributed by atoms with Gasteiger partial charge in [-0.2, -0.15) is 0 Å². The first-order chi connectivity index (χ1) is 23.1. The van der Waals surface area contributed by atoms with Gasteiger partial charge >= 0.3 is 0 Å². The summed E-state index contributed by atoms with van der Waals surface area (Å²) in [6.07, 6.45) is 42.1. The zero-order valence-corrected chi connectivity index (χ0v) is 27.1. The minimum absolute atomic E-state index is 0.0599. The highest BCUT2D eigenvalue weighted by atomic mass is 16.5. The van der Waals surface area contributed by atoms with Crippen molar-refractivity contribution in [1.29, 1.82) is 0 Å². The van der Waals surface area contributed by atoms with Gasteiger partial charge in [-0.15, -0.1) is 0 Å². The van der Waals surface area contributed by atoms with Crippen LogP contribution in [0.4, 0.5) is 0 Å². The van der Waals surface area contributed by atoms with Crippen LogP contribution in [0.1, 0.15) is 45.4 Å². The third-order valence-electron chi connectivity index (χ3n) is 11.4. The van der Waals surface area contributed by atoms with E-state index in [2.05, 4.69) is 117 Å². The van der Waals surface area contributed by atoms with Crippen molar-refractivity contribution in [3.63, 3.8) is 0 Å². The van der Waals surface area contributed by atoms with E-state index in [-0.39, 0.29) is 35.9 Å². The van der Waals surface area contributed by atoms with Crippen molar-refractivity contribution in [2.75, 3.05) is 6.54 Å². The summed E-state index contributed by atoms with van der Waals surface area (Å²) in [6, 6.07) is 0.662. The van der Waals surface area contributed by atoms with E-state index in [0.717, 1.165) is 62.4 Å². The molecule has 0 aromatic heterocycles. The number of hydrogen-bond acceptors (Lipinski definition) is 8. The van der Waals surface area contributed by atoms with Crippen LogP contribution in [0.3, 0.4) is 0 Å². The van der Waals surface area contributed by atoms with Gasteiger partial charge in [-0.3, -0.25) is 10.3 Å². The Morgan fingerprint density at radius 1 is 1.04 bits per heavy atom. The second kappa shape index (κ2) is 11.7. The third-order valence-corrected chi connectivity index (χ3v) is 11.4.